The Labute approximate surface area is 194 Å². The summed E-state index contributed by atoms with van der Waals surface area (Å²) in [4.78, 5) is 25.7. The van der Waals surface area contributed by atoms with E-state index in [1.807, 2.05) is 19.9 Å². The second-order valence-corrected chi connectivity index (χ2v) is 10.7. The molecule has 0 heterocycles. The number of nitrogens with zero attached hydrogens (tertiary/aromatic N) is 1. The Morgan fingerprint density at radius 3 is 2.28 bits per heavy atom. The van der Waals surface area contributed by atoms with Gasteiger partial charge in [0.15, 0.2) is 11.5 Å². The van der Waals surface area contributed by atoms with Crippen LogP contribution in [-0.4, -0.2) is 46.8 Å². The number of carbonyl (C=O) groups is 2. The minimum absolute atomic E-state index is 0.0328. The van der Waals surface area contributed by atoms with E-state index in [9.17, 15) is 9.59 Å². The Balaban J connectivity index is 2.45. The number of carboxylic acid groups (broad SMARTS) is 1. The predicted molar refractivity (Wildman–Crippen MR) is 129 cm³/mol. The lowest BCUT2D eigenvalue weighted by Crippen LogP contribution is -2.33. The number of carboxylic acids is 1. The second kappa shape index (κ2) is 10.8. The van der Waals surface area contributed by atoms with Crippen LogP contribution < -0.4 is 9.47 Å². The van der Waals surface area contributed by atoms with E-state index in [0.29, 0.717) is 34.1 Å². The minimum atomic E-state index is -0.916. The number of amides is 1. The van der Waals surface area contributed by atoms with Crippen molar-refractivity contribution in [3.63, 3.8) is 0 Å². The standard InChI is InChI=1S/C25H33NO5S/c1-16(2)26(6)24(29)18-9-11-20(19(14-18)15-32-25(3,4)5)31-22-12-17(13-23(27)28)8-10-21(22)30-7/h8-12,14,16H,13,15H2,1-7H3,(H,27,28). The average molecular weight is 460 g/mol. The first-order valence-corrected chi connectivity index (χ1v) is 11.5. The maximum atomic E-state index is 12.9. The first-order chi connectivity index (χ1) is 14.9. The molecule has 0 aromatic heterocycles. The smallest absolute Gasteiger partial charge is 0.307 e. The lowest BCUT2D eigenvalue weighted by Gasteiger charge is -2.23. The van der Waals surface area contributed by atoms with E-state index in [2.05, 4.69) is 20.8 Å². The molecule has 0 spiro atoms. The molecule has 32 heavy (non-hydrogen) atoms. The molecule has 174 valence electrons. The predicted octanol–water partition coefficient (Wildman–Crippen LogP) is 5.63. The summed E-state index contributed by atoms with van der Waals surface area (Å²) in [5, 5.41) is 9.12. The van der Waals surface area contributed by atoms with Crippen LogP contribution in [-0.2, 0) is 17.0 Å². The van der Waals surface area contributed by atoms with Gasteiger partial charge >= 0.3 is 5.97 Å². The van der Waals surface area contributed by atoms with Gasteiger partial charge in [-0.2, -0.15) is 11.8 Å². The van der Waals surface area contributed by atoms with Crippen LogP contribution in [0.25, 0.3) is 0 Å². The third-order valence-electron chi connectivity index (χ3n) is 4.87. The number of rotatable bonds is 9. The van der Waals surface area contributed by atoms with Crippen molar-refractivity contribution >= 4 is 23.6 Å². The number of benzene rings is 2. The van der Waals surface area contributed by atoms with Crippen molar-refractivity contribution in [2.24, 2.45) is 0 Å². The summed E-state index contributed by atoms with van der Waals surface area (Å²) < 4.78 is 11.7. The summed E-state index contributed by atoms with van der Waals surface area (Å²) >= 11 is 1.75. The lowest BCUT2D eigenvalue weighted by molar-refractivity contribution is -0.136. The van der Waals surface area contributed by atoms with Crippen LogP contribution in [0.4, 0.5) is 0 Å². The molecule has 0 aliphatic rings. The van der Waals surface area contributed by atoms with Gasteiger partial charge in [-0.3, -0.25) is 9.59 Å². The van der Waals surface area contributed by atoms with Crippen LogP contribution in [0.2, 0.25) is 0 Å². The van der Waals surface area contributed by atoms with E-state index in [1.54, 1.807) is 61.2 Å². The van der Waals surface area contributed by atoms with E-state index in [-0.39, 0.29) is 23.1 Å². The molecule has 2 aromatic carbocycles. The fraction of sp³-hybridized carbons (Fsp3) is 0.440. The molecule has 0 saturated carbocycles. The zero-order valence-electron chi connectivity index (χ0n) is 19.9. The Morgan fingerprint density at radius 2 is 1.72 bits per heavy atom. The molecule has 0 unspecified atom stereocenters. The number of hydrogen-bond donors (Lipinski definition) is 1. The largest absolute Gasteiger partial charge is 0.493 e. The Kier molecular flexibility index (Phi) is 8.61. The monoisotopic (exact) mass is 459 g/mol. The molecule has 1 N–H and O–H groups in total. The first-order valence-electron chi connectivity index (χ1n) is 10.5. The van der Waals surface area contributed by atoms with Gasteiger partial charge in [0.25, 0.3) is 5.91 Å². The van der Waals surface area contributed by atoms with Gasteiger partial charge in [-0.15, -0.1) is 0 Å². The molecular weight excluding hydrogens is 426 g/mol. The number of ether oxygens (including phenoxy) is 2. The maximum absolute atomic E-state index is 12.9. The molecule has 0 fully saturated rings. The Hall–Kier alpha value is -2.67. The highest BCUT2D eigenvalue weighted by molar-refractivity contribution is 7.99. The van der Waals surface area contributed by atoms with Crippen molar-refractivity contribution < 1.29 is 24.2 Å². The number of carbonyl (C=O) groups excluding carboxylic acids is 1. The van der Waals surface area contributed by atoms with Crippen molar-refractivity contribution in [1.82, 2.24) is 4.90 Å². The topological polar surface area (TPSA) is 76.1 Å². The van der Waals surface area contributed by atoms with Gasteiger partial charge in [0, 0.05) is 34.7 Å². The highest BCUT2D eigenvalue weighted by Crippen LogP contribution is 2.37. The van der Waals surface area contributed by atoms with Gasteiger partial charge in [-0.25, -0.2) is 0 Å². The maximum Gasteiger partial charge on any atom is 0.307 e. The zero-order chi connectivity index (χ0) is 24.1. The second-order valence-electron chi connectivity index (χ2n) is 8.89. The summed E-state index contributed by atoms with van der Waals surface area (Å²) in [7, 11) is 3.33. The van der Waals surface area contributed by atoms with Crippen molar-refractivity contribution in [2.45, 2.75) is 57.6 Å². The Bertz CT molecular complexity index is 965. The van der Waals surface area contributed by atoms with E-state index < -0.39 is 5.97 Å². The number of thioether (sulfide) groups is 1. The molecular formula is C25H33NO5S. The van der Waals surface area contributed by atoms with Crippen molar-refractivity contribution in [3.05, 3.63) is 53.1 Å². The van der Waals surface area contributed by atoms with Crippen LogP contribution in [0.3, 0.4) is 0 Å². The van der Waals surface area contributed by atoms with Gasteiger partial charge in [0.05, 0.1) is 13.5 Å². The molecule has 0 aliphatic carbocycles. The molecule has 0 aliphatic heterocycles. The fourth-order valence-corrected chi connectivity index (χ4v) is 3.68. The van der Waals surface area contributed by atoms with Crippen LogP contribution in [0.15, 0.2) is 36.4 Å². The van der Waals surface area contributed by atoms with Gasteiger partial charge < -0.3 is 19.5 Å². The minimum Gasteiger partial charge on any atom is -0.493 e. The van der Waals surface area contributed by atoms with Crippen molar-refractivity contribution in [2.75, 3.05) is 14.2 Å². The molecule has 6 nitrogen and oxygen atoms in total. The summed E-state index contributed by atoms with van der Waals surface area (Å²) in [6.45, 7) is 10.4. The van der Waals surface area contributed by atoms with Crippen LogP contribution >= 0.6 is 11.8 Å². The van der Waals surface area contributed by atoms with Gasteiger partial charge in [0.2, 0.25) is 0 Å². The van der Waals surface area contributed by atoms with E-state index >= 15 is 0 Å². The lowest BCUT2D eigenvalue weighted by atomic mass is 10.1. The van der Waals surface area contributed by atoms with Gasteiger partial charge in [0.1, 0.15) is 5.75 Å². The highest BCUT2D eigenvalue weighted by Gasteiger charge is 2.19. The summed E-state index contributed by atoms with van der Waals surface area (Å²) in [6.07, 6.45) is -0.109. The molecule has 0 radical (unpaired) electrons. The number of hydrogen-bond acceptors (Lipinski definition) is 5. The molecule has 0 atom stereocenters. The third kappa shape index (κ3) is 7.19. The molecule has 1 amide bonds. The highest BCUT2D eigenvalue weighted by atomic mass is 32.2. The van der Waals surface area contributed by atoms with Crippen molar-refractivity contribution in [1.29, 1.82) is 0 Å². The molecule has 2 aromatic rings. The molecule has 0 bridgehead atoms. The normalized spacial score (nSPS) is 11.4. The molecule has 2 rings (SSSR count). The third-order valence-corrected chi connectivity index (χ3v) is 6.19. The SMILES string of the molecule is COc1ccc(CC(=O)O)cc1Oc1ccc(C(=O)N(C)C(C)C)cc1CSC(C)(C)C. The number of methoxy groups -OCH3 is 1. The fourth-order valence-electron chi connectivity index (χ4n) is 2.86. The van der Waals surface area contributed by atoms with E-state index in [1.165, 1.54) is 0 Å². The zero-order valence-corrected chi connectivity index (χ0v) is 20.7. The van der Waals surface area contributed by atoms with Crippen molar-refractivity contribution in [3.8, 4) is 17.2 Å². The molecule has 0 saturated heterocycles. The number of aliphatic carboxylic acids is 1. The van der Waals surface area contributed by atoms with Crippen LogP contribution in [0.5, 0.6) is 17.2 Å². The average Bonchev–Trinajstić information content (AvgIpc) is 2.71. The summed E-state index contributed by atoms with van der Waals surface area (Å²) in [5.41, 5.74) is 2.10. The van der Waals surface area contributed by atoms with Crippen LogP contribution in [0, 0.1) is 0 Å². The first kappa shape index (κ1) is 25.6. The van der Waals surface area contributed by atoms with Crippen LogP contribution in [0.1, 0.15) is 56.1 Å². The molecule has 7 heteroatoms. The van der Waals surface area contributed by atoms with E-state index in [4.69, 9.17) is 14.6 Å². The Morgan fingerprint density at radius 1 is 1.06 bits per heavy atom. The van der Waals surface area contributed by atoms with Gasteiger partial charge in [-0.1, -0.05) is 26.8 Å². The summed E-state index contributed by atoms with van der Waals surface area (Å²) in [5.74, 6) is 1.24. The summed E-state index contributed by atoms with van der Waals surface area (Å²) in [6, 6.07) is 10.6. The quantitative estimate of drug-likeness (QED) is 0.524. The van der Waals surface area contributed by atoms with Gasteiger partial charge in [-0.05, 0) is 49.7 Å². The van der Waals surface area contributed by atoms with E-state index in [0.717, 1.165) is 5.56 Å².